The second-order valence-corrected chi connectivity index (χ2v) is 3.59. The van der Waals surface area contributed by atoms with Crippen molar-refractivity contribution in [3.05, 3.63) is 47.5 Å². The number of rotatable bonds is 4. The molecule has 1 nitrogen and oxygen atoms in total. The van der Waals surface area contributed by atoms with Gasteiger partial charge in [0, 0.05) is 0 Å². The minimum Gasteiger partial charge on any atom is -0.388 e. The normalized spacial score (nSPS) is 14.1. The van der Waals surface area contributed by atoms with Crippen LogP contribution in [-0.4, -0.2) is 5.11 Å². The third-order valence-electron chi connectivity index (χ3n) is 2.25. The minimum absolute atomic E-state index is 0.362. The Morgan fingerprint density at radius 2 is 2.00 bits per heavy atom. The molecule has 0 saturated carbocycles. The maximum atomic E-state index is 9.88. The van der Waals surface area contributed by atoms with E-state index in [-0.39, 0.29) is 6.10 Å². The Bertz CT molecular complexity index is 287. The molecule has 0 aliphatic rings. The first-order valence-electron chi connectivity index (χ1n) is 5.12. The molecule has 1 N–H and O–H groups in total. The van der Waals surface area contributed by atoms with Crippen molar-refractivity contribution >= 4 is 0 Å². The molecular formula is C13H18O. The van der Waals surface area contributed by atoms with E-state index in [1.54, 1.807) is 0 Å². The second kappa shape index (κ2) is 5.61. The molecule has 0 heterocycles. The molecule has 0 aliphatic carbocycles. The molecule has 1 unspecified atom stereocenters. The number of benzene rings is 1. The average Bonchev–Trinajstić information content (AvgIpc) is 2.19. The van der Waals surface area contributed by atoms with Crippen molar-refractivity contribution in [3.63, 3.8) is 0 Å². The van der Waals surface area contributed by atoms with E-state index in [1.807, 2.05) is 30.3 Å². The zero-order valence-corrected chi connectivity index (χ0v) is 8.90. The third kappa shape index (κ3) is 3.35. The summed E-state index contributed by atoms with van der Waals surface area (Å²) in [7, 11) is 0. The number of allylic oxidation sites excluding steroid dienone is 1. The number of hydrogen-bond acceptors (Lipinski definition) is 1. The number of aliphatic hydroxyl groups is 1. The Hall–Kier alpha value is -1.08. The van der Waals surface area contributed by atoms with Crippen molar-refractivity contribution in [3.8, 4) is 0 Å². The van der Waals surface area contributed by atoms with Gasteiger partial charge in [0.05, 0.1) is 6.10 Å². The van der Waals surface area contributed by atoms with Crippen LogP contribution in [0.5, 0.6) is 0 Å². The molecule has 0 amide bonds. The molecule has 0 radical (unpaired) electrons. The highest BCUT2D eigenvalue weighted by atomic mass is 16.3. The Balaban J connectivity index is 2.59. The predicted molar refractivity (Wildman–Crippen MR) is 60.1 cm³/mol. The van der Waals surface area contributed by atoms with Gasteiger partial charge in [0.25, 0.3) is 0 Å². The van der Waals surface area contributed by atoms with Gasteiger partial charge in [-0.3, -0.25) is 0 Å². The lowest BCUT2D eigenvalue weighted by Crippen LogP contribution is -1.97. The fourth-order valence-corrected chi connectivity index (χ4v) is 1.53. The van der Waals surface area contributed by atoms with Crippen LogP contribution in [0.4, 0.5) is 0 Å². The molecule has 1 heteroatoms. The lowest BCUT2D eigenvalue weighted by atomic mass is 10.0. The summed E-state index contributed by atoms with van der Waals surface area (Å²) in [4.78, 5) is 0. The predicted octanol–water partition coefficient (Wildman–Crippen LogP) is 3.47. The SMILES string of the molecule is CC/C=C(/C)CC(O)c1ccccc1. The van der Waals surface area contributed by atoms with Crippen LogP contribution in [0.25, 0.3) is 0 Å². The second-order valence-electron chi connectivity index (χ2n) is 3.59. The van der Waals surface area contributed by atoms with Gasteiger partial charge in [-0.2, -0.15) is 0 Å². The van der Waals surface area contributed by atoms with Crippen LogP contribution in [0.3, 0.4) is 0 Å². The smallest absolute Gasteiger partial charge is 0.0827 e. The Kier molecular flexibility index (Phi) is 4.41. The molecule has 1 rings (SSSR count). The molecule has 0 spiro atoms. The molecule has 0 saturated heterocycles. The van der Waals surface area contributed by atoms with Gasteiger partial charge in [-0.15, -0.1) is 0 Å². The van der Waals surface area contributed by atoms with E-state index < -0.39 is 0 Å². The van der Waals surface area contributed by atoms with Crippen molar-refractivity contribution in [2.75, 3.05) is 0 Å². The fourth-order valence-electron chi connectivity index (χ4n) is 1.53. The maximum absolute atomic E-state index is 9.88. The van der Waals surface area contributed by atoms with Crippen molar-refractivity contribution in [1.29, 1.82) is 0 Å². The lowest BCUT2D eigenvalue weighted by molar-refractivity contribution is 0.178. The molecule has 1 aromatic rings. The average molecular weight is 190 g/mol. The highest BCUT2D eigenvalue weighted by Gasteiger charge is 2.06. The van der Waals surface area contributed by atoms with Crippen LogP contribution in [0, 0.1) is 0 Å². The standard InChI is InChI=1S/C13H18O/c1-3-7-11(2)10-13(14)12-8-5-4-6-9-12/h4-9,13-14H,3,10H2,1-2H3/b11-7-. The van der Waals surface area contributed by atoms with Crippen LogP contribution in [0.15, 0.2) is 42.0 Å². The Morgan fingerprint density at radius 1 is 1.36 bits per heavy atom. The van der Waals surface area contributed by atoms with Gasteiger partial charge in [0.15, 0.2) is 0 Å². The largest absolute Gasteiger partial charge is 0.388 e. The lowest BCUT2D eigenvalue weighted by Gasteiger charge is -2.10. The van der Waals surface area contributed by atoms with E-state index in [0.29, 0.717) is 0 Å². The molecule has 14 heavy (non-hydrogen) atoms. The molecule has 1 aromatic carbocycles. The van der Waals surface area contributed by atoms with Gasteiger partial charge in [0.1, 0.15) is 0 Å². The Labute approximate surface area is 86.1 Å². The third-order valence-corrected chi connectivity index (χ3v) is 2.25. The Morgan fingerprint density at radius 3 is 2.57 bits per heavy atom. The van der Waals surface area contributed by atoms with Crippen LogP contribution in [0.1, 0.15) is 38.4 Å². The molecule has 0 aliphatic heterocycles. The summed E-state index contributed by atoms with van der Waals surface area (Å²) < 4.78 is 0. The highest BCUT2D eigenvalue weighted by molar-refractivity contribution is 5.19. The summed E-state index contributed by atoms with van der Waals surface area (Å²) in [5, 5.41) is 9.88. The first kappa shape index (κ1) is 11.0. The van der Waals surface area contributed by atoms with Gasteiger partial charge in [-0.1, -0.05) is 48.9 Å². The first-order valence-corrected chi connectivity index (χ1v) is 5.12. The highest BCUT2D eigenvalue weighted by Crippen LogP contribution is 2.20. The summed E-state index contributed by atoms with van der Waals surface area (Å²) in [6.07, 6.45) is 3.57. The van der Waals surface area contributed by atoms with E-state index in [1.165, 1.54) is 5.57 Å². The van der Waals surface area contributed by atoms with Gasteiger partial charge in [-0.25, -0.2) is 0 Å². The first-order chi connectivity index (χ1) is 6.74. The molecule has 1 atom stereocenters. The van der Waals surface area contributed by atoms with Gasteiger partial charge in [-0.05, 0) is 25.3 Å². The van der Waals surface area contributed by atoms with Crippen LogP contribution < -0.4 is 0 Å². The van der Waals surface area contributed by atoms with E-state index in [2.05, 4.69) is 19.9 Å². The molecule has 0 aromatic heterocycles. The van der Waals surface area contributed by atoms with Gasteiger partial charge in [0.2, 0.25) is 0 Å². The molecule has 0 fully saturated rings. The number of hydrogen-bond donors (Lipinski definition) is 1. The van der Waals surface area contributed by atoms with E-state index in [4.69, 9.17) is 0 Å². The topological polar surface area (TPSA) is 20.2 Å². The van der Waals surface area contributed by atoms with E-state index >= 15 is 0 Å². The minimum atomic E-state index is -0.362. The zero-order chi connectivity index (χ0) is 10.4. The monoisotopic (exact) mass is 190 g/mol. The van der Waals surface area contributed by atoms with E-state index in [0.717, 1.165) is 18.4 Å². The van der Waals surface area contributed by atoms with Crippen molar-refractivity contribution in [2.45, 2.75) is 32.8 Å². The summed E-state index contributed by atoms with van der Waals surface area (Å²) >= 11 is 0. The van der Waals surface area contributed by atoms with Crippen LogP contribution in [0.2, 0.25) is 0 Å². The van der Waals surface area contributed by atoms with Crippen molar-refractivity contribution < 1.29 is 5.11 Å². The molecule has 76 valence electrons. The molecular weight excluding hydrogens is 172 g/mol. The summed E-state index contributed by atoms with van der Waals surface area (Å²) in [6.45, 7) is 4.17. The maximum Gasteiger partial charge on any atom is 0.0827 e. The quantitative estimate of drug-likeness (QED) is 0.721. The van der Waals surface area contributed by atoms with Crippen LogP contribution in [-0.2, 0) is 0 Å². The summed E-state index contributed by atoms with van der Waals surface area (Å²) in [6, 6.07) is 9.80. The molecule has 0 bridgehead atoms. The summed E-state index contributed by atoms with van der Waals surface area (Å²) in [5.41, 5.74) is 2.25. The van der Waals surface area contributed by atoms with Gasteiger partial charge < -0.3 is 5.11 Å². The van der Waals surface area contributed by atoms with Crippen LogP contribution >= 0.6 is 0 Å². The van der Waals surface area contributed by atoms with Crippen molar-refractivity contribution in [2.24, 2.45) is 0 Å². The fraction of sp³-hybridized carbons (Fsp3) is 0.385. The number of aliphatic hydroxyl groups excluding tert-OH is 1. The summed E-state index contributed by atoms with van der Waals surface area (Å²) in [5.74, 6) is 0. The van der Waals surface area contributed by atoms with E-state index in [9.17, 15) is 5.11 Å². The van der Waals surface area contributed by atoms with Crippen molar-refractivity contribution in [1.82, 2.24) is 0 Å². The van der Waals surface area contributed by atoms with Gasteiger partial charge >= 0.3 is 0 Å². The zero-order valence-electron chi connectivity index (χ0n) is 8.90.